The second-order valence-corrected chi connectivity index (χ2v) is 5.18. The maximum Gasteiger partial charge on any atom is 0.271 e. The summed E-state index contributed by atoms with van der Waals surface area (Å²) >= 11 is 11.9. The van der Waals surface area contributed by atoms with E-state index in [9.17, 15) is 10.1 Å². The highest BCUT2D eigenvalue weighted by Crippen LogP contribution is 2.29. The van der Waals surface area contributed by atoms with E-state index in [1.807, 2.05) is 31.2 Å². The van der Waals surface area contributed by atoms with Crippen LogP contribution in [0.4, 0.5) is 11.4 Å². The van der Waals surface area contributed by atoms with Gasteiger partial charge in [-0.25, -0.2) is 0 Å². The molecule has 0 aliphatic heterocycles. The van der Waals surface area contributed by atoms with Crippen LogP contribution in [0.25, 0.3) is 0 Å². The second kappa shape index (κ2) is 6.11. The van der Waals surface area contributed by atoms with Crippen molar-refractivity contribution in [3.05, 3.63) is 68.2 Å². The lowest BCUT2D eigenvalue weighted by molar-refractivity contribution is -0.384. The third kappa shape index (κ3) is 3.40. The molecule has 1 unspecified atom stereocenters. The summed E-state index contributed by atoms with van der Waals surface area (Å²) in [5, 5.41) is 14.9. The van der Waals surface area contributed by atoms with Crippen molar-refractivity contribution in [1.82, 2.24) is 0 Å². The molecule has 4 nitrogen and oxygen atoms in total. The molecule has 0 saturated heterocycles. The molecule has 1 atom stereocenters. The van der Waals surface area contributed by atoms with Crippen molar-refractivity contribution in [1.29, 1.82) is 0 Å². The summed E-state index contributed by atoms with van der Waals surface area (Å²) in [6.45, 7) is 1.97. The minimum atomic E-state index is -0.474. The number of anilines is 1. The highest BCUT2D eigenvalue weighted by molar-refractivity contribution is 6.33. The Hall–Kier alpha value is -1.78. The summed E-state index contributed by atoms with van der Waals surface area (Å²) in [6, 6.07) is 11.8. The fourth-order valence-corrected chi connectivity index (χ4v) is 2.16. The Morgan fingerprint density at radius 3 is 2.35 bits per heavy atom. The summed E-state index contributed by atoms with van der Waals surface area (Å²) in [7, 11) is 0. The predicted molar refractivity (Wildman–Crippen MR) is 81.6 cm³/mol. The molecule has 0 bridgehead atoms. The zero-order valence-electron chi connectivity index (χ0n) is 10.6. The van der Waals surface area contributed by atoms with E-state index in [0.29, 0.717) is 15.7 Å². The fourth-order valence-electron chi connectivity index (χ4n) is 1.80. The third-order valence-corrected chi connectivity index (χ3v) is 3.47. The molecule has 0 aliphatic carbocycles. The predicted octanol–water partition coefficient (Wildman–Crippen LogP) is 5.07. The van der Waals surface area contributed by atoms with E-state index in [4.69, 9.17) is 23.2 Å². The number of nitrogens with zero attached hydrogens (tertiary/aromatic N) is 1. The topological polar surface area (TPSA) is 55.2 Å². The number of benzene rings is 2. The number of hydrogen-bond acceptors (Lipinski definition) is 3. The minimum absolute atomic E-state index is 0.00576. The summed E-state index contributed by atoms with van der Waals surface area (Å²) in [5.41, 5.74) is 1.67. The van der Waals surface area contributed by atoms with Crippen LogP contribution in [0.3, 0.4) is 0 Å². The number of rotatable bonds is 4. The van der Waals surface area contributed by atoms with Gasteiger partial charge < -0.3 is 5.32 Å². The molecule has 1 N–H and O–H groups in total. The van der Waals surface area contributed by atoms with Gasteiger partial charge in [0.25, 0.3) is 5.69 Å². The number of nitro benzene ring substituents is 1. The Balaban J connectivity index is 2.17. The van der Waals surface area contributed by atoms with Gasteiger partial charge in [0.05, 0.1) is 15.6 Å². The van der Waals surface area contributed by atoms with Crippen LogP contribution in [0, 0.1) is 10.1 Å². The number of nitrogens with one attached hydrogen (secondary N) is 1. The van der Waals surface area contributed by atoms with Crippen molar-refractivity contribution in [3.8, 4) is 0 Å². The van der Waals surface area contributed by atoms with Crippen molar-refractivity contribution in [3.63, 3.8) is 0 Å². The molecule has 20 heavy (non-hydrogen) atoms. The maximum absolute atomic E-state index is 10.7. The quantitative estimate of drug-likeness (QED) is 0.633. The second-order valence-electron chi connectivity index (χ2n) is 4.34. The van der Waals surface area contributed by atoms with E-state index in [1.165, 1.54) is 12.1 Å². The Morgan fingerprint density at radius 2 is 1.80 bits per heavy atom. The molecule has 0 fully saturated rings. The largest absolute Gasteiger partial charge is 0.377 e. The number of halogens is 2. The van der Waals surface area contributed by atoms with Crippen LogP contribution in [0.5, 0.6) is 0 Å². The Labute approximate surface area is 126 Å². The zero-order valence-corrected chi connectivity index (χ0v) is 12.2. The fraction of sp³-hybridized carbons (Fsp3) is 0.143. The normalized spacial score (nSPS) is 11.9. The molecule has 0 spiro atoms. The molecular weight excluding hydrogens is 299 g/mol. The molecule has 2 rings (SSSR count). The van der Waals surface area contributed by atoms with Crippen LogP contribution >= 0.6 is 23.2 Å². The van der Waals surface area contributed by atoms with E-state index in [0.717, 1.165) is 5.56 Å². The van der Waals surface area contributed by atoms with Crippen LogP contribution in [0.15, 0.2) is 42.5 Å². The molecule has 2 aromatic rings. The molecule has 6 heteroatoms. The lowest BCUT2D eigenvalue weighted by Gasteiger charge is -2.16. The highest BCUT2D eigenvalue weighted by atomic mass is 35.5. The van der Waals surface area contributed by atoms with Crippen molar-refractivity contribution >= 4 is 34.6 Å². The molecule has 0 aliphatic rings. The van der Waals surface area contributed by atoms with Crippen molar-refractivity contribution in [2.45, 2.75) is 13.0 Å². The standard InChI is InChI=1S/C14H12Cl2N2O2/c1-9(10-2-4-11(15)5-3-10)17-14-7-6-12(18(19)20)8-13(14)16/h2-9,17H,1H3. The highest BCUT2D eigenvalue weighted by Gasteiger charge is 2.12. The van der Waals surface area contributed by atoms with E-state index in [-0.39, 0.29) is 11.7 Å². The van der Waals surface area contributed by atoms with Crippen LogP contribution in [0.1, 0.15) is 18.5 Å². The third-order valence-electron chi connectivity index (χ3n) is 2.91. The first-order valence-electron chi connectivity index (χ1n) is 5.93. The molecule has 0 aromatic heterocycles. The van der Waals surface area contributed by atoms with Crippen molar-refractivity contribution < 1.29 is 4.92 Å². The van der Waals surface area contributed by atoms with Gasteiger partial charge in [0.15, 0.2) is 0 Å². The molecule has 0 radical (unpaired) electrons. The van der Waals surface area contributed by atoms with Crippen LogP contribution < -0.4 is 5.32 Å². The van der Waals surface area contributed by atoms with Crippen LogP contribution in [0.2, 0.25) is 10.0 Å². The smallest absolute Gasteiger partial charge is 0.271 e. The molecule has 0 amide bonds. The van der Waals surface area contributed by atoms with E-state index in [2.05, 4.69) is 5.32 Å². The van der Waals surface area contributed by atoms with Gasteiger partial charge >= 0.3 is 0 Å². The summed E-state index contributed by atoms with van der Waals surface area (Å²) in [4.78, 5) is 10.2. The van der Waals surface area contributed by atoms with Gasteiger partial charge in [0.2, 0.25) is 0 Å². The maximum atomic E-state index is 10.7. The van der Waals surface area contributed by atoms with E-state index in [1.54, 1.807) is 6.07 Å². The molecular formula is C14H12Cl2N2O2. The lowest BCUT2D eigenvalue weighted by Crippen LogP contribution is -2.07. The Bertz CT molecular complexity index is 630. The van der Waals surface area contributed by atoms with Crippen LogP contribution in [-0.4, -0.2) is 4.92 Å². The van der Waals surface area contributed by atoms with Gasteiger partial charge in [0, 0.05) is 23.2 Å². The van der Waals surface area contributed by atoms with Gasteiger partial charge in [-0.15, -0.1) is 0 Å². The number of non-ortho nitro benzene ring substituents is 1. The first kappa shape index (κ1) is 14.6. The average molecular weight is 311 g/mol. The van der Waals surface area contributed by atoms with Crippen molar-refractivity contribution in [2.75, 3.05) is 5.32 Å². The monoisotopic (exact) mass is 310 g/mol. The van der Waals surface area contributed by atoms with E-state index >= 15 is 0 Å². The molecule has 104 valence electrons. The molecule has 0 saturated carbocycles. The van der Waals surface area contributed by atoms with Gasteiger partial charge in [0.1, 0.15) is 0 Å². The Morgan fingerprint density at radius 1 is 1.15 bits per heavy atom. The van der Waals surface area contributed by atoms with Gasteiger partial charge in [-0.3, -0.25) is 10.1 Å². The number of hydrogen-bond donors (Lipinski definition) is 1. The number of nitro groups is 1. The summed E-state index contributed by atoms with van der Waals surface area (Å²) in [5.74, 6) is 0. The SMILES string of the molecule is CC(Nc1ccc([N+](=O)[O-])cc1Cl)c1ccc(Cl)cc1. The van der Waals surface area contributed by atoms with Gasteiger partial charge in [-0.05, 0) is 30.7 Å². The van der Waals surface area contributed by atoms with Gasteiger partial charge in [-0.1, -0.05) is 35.3 Å². The van der Waals surface area contributed by atoms with Gasteiger partial charge in [-0.2, -0.15) is 0 Å². The first-order chi connectivity index (χ1) is 9.47. The average Bonchev–Trinajstić information content (AvgIpc) is 2.41. The van der Waals surface area contributed by atoms with E-state index < -0.39 is 4.92 Å². The minimum Gasteiger partial charge on any atom is -0.377 e. The molecule has 0 heterocycles. The first-order valence-corrected chi connectivity index (χ1v) is 6.69. The Kier molecular flexibility index (Phi) is 4.47. The van der Waals surface area contributed by atoms with Crippen molar-refractivity contribution in [2.24, 2.45) is 0 Å². The molecule has 2 aromatic carbocycles. The zero-order chi connectivity index (χ0) is 14.7. The summed E-state index contributed by atoms with van der Waals surface area (Å²) in [6.07, 6.45) is 0. The van der Waals surface area contributed by atoms with Crippen LogP contribution in [-0.2, 0) is 0 Å². The summed E-state index contributed by atoms with van der Waals surface area (Å²) < 4.78 is 0. The lowest BCUT2D eigenvalue weighted by atomic mass is 10.1.